The largest absolute Gasteiger partial charge is 0.480 e. The molecular formula is C63H119N6O16P. The highest BCUT2D eigenvalue weighted by molar-refractivity contribution is 7.47. The lowest BCUT2D eigenvalue weighted by molar-refractivity contribution is -0.161. The van der Waals surface area contributed by atoms with Gasteiger partial charge < -0.3 is 40.3 Å². The van der Waals surface area contributed by atoms with Gasteiger partial charge in [-0.3, -0.25) is 62.2 Å². The van der Waals surface area contributed by atoms with E-state index >= 15 is 0 Å². The number of esters is 2. The predicted octanol–water partition coefficient (Wildman–Crippen LogP) is 10.4. The standard InChI is InChI=1S/C63H119N6O16P/c1-3-5-7-9-11-13-15-17-19-21-23-25-27-29-33-37-62(78)82-54-56(85-63(79)38-34-30-28-26-24-22-20-18-16-14-12-10-8-6-4-2)55-84-86(80,81)83-49-40-65-57(70)36-32-31-35-39-64-58(71)50-66-41-43-67(51-59(72)73)45-47-69(53-61(76)77)48-46-68(44-42-66)52-60(74)75/h56H,3-55H2,1-2H3,(H,64,71)(H,65,70)(H,72,73)(H,74,75)(H,76,77)(H,80,81)/t56-/m1/s1. The highest BCUT2D eigenvalue weighted by Crippen LogP contribution is 2.43. The van der Waals surface area contributed by atoms with E-state index in [1.165, 1.54) is 141 Å². The Balaban J connectivity index is 2.51. The van der Waals surface area contributed by atoms with Gasteiger partial charge in [-0.15, -0.1) is 0 Å². The summed E-state index contributed by atoms with van der Waals surface area (Å²) in [6.45, 7) is 5.01. The SMILES string of the molecule is CCCCCCCCCCCCCCCCCC(=O)OC[C@H](COP(=O)(O)OCCNC(=O)CCCCCNC(=O)CN1CCN(CC(=O)O)CCN(CC(=O)O)CCN(CC(=O)O)CC1)OC(=O)CCCCCCCCCCCCCCCCC. The van der Waals surface area contributed by atoms with Crippen molar-refractivity contribution < 1.29 is 76.9 Å². The van der Waals surface area contributed by atoms with Crippen LogP contribution in [-0.2, 0) is 56.6 Å². The Hall–Kier alpha value is -3.76. The number of carbonyl (C=O) groups is 7. The van der Waals surface area contributed by atoms with Crippen LogP contribution in [0.1, 0.15) is 245 Å². The van der Waals surface area contributed by atoms with Crippen molar-refractivity contribution in [3.8, 4) is 0 Å². The monoisotopic (exact) mass is 1250 g/mol. The molecular weight excluding hydrogens is 1130 g/mol. The van der Waals surface area contributed by atoms with E-state index in [1.54, 1.807) is 14.7 Å². The fraction of sp³-hybridized carbons (Fsp3) is 0.889. The van der Waals surface area contributed by atoms with Gasteiger partial charge in [0.25, 0.3) is 0 Å². The average Bonchev–Trinajstić information content (AvgIpc) is 3.63. The summed E-state index contributed by atoms with van der Waals surface area (Å²) >= 11 is 0. The van der Waals surface area contributed by atoms with Crippen molar-refractivity contribution >= 4 is 49.5 Å². The van der Waals surface area contributed by atoms with Gasteiger partial charge in [-0.25, -0.2) is 4.57 Å². The van der Waals surface area contributed by atoms with Gasteiger partial charge in [0.2, 0.25) is 11.8 Å². The maximum atomic E-state index is 13.0. The van der Waals surface area contributed by atoms with Gasteiger partial charge in [0.1, 0.15) is 6.61 Å². The van der Waals surface area contributed by atoms with Crippen LogP contribution in [0.3, 0.4) is 0 Å². The fourth-order valence-electron chi connectivity index (χ4n) is 10.4. The van der Waals surface area contributed by atoms with Gasteiger partial charge in [0.15, 0.2) is 6.10 Å². The number of aliphatic carboxylic acids is 3. The molecule has 0 aromatic heterocycles. The predicted molar refractivity (Wildman–Crippen MR) is 335 cm³/mol. The molecule has 2 atom stereocenters. The van der Waals surface area contributed by atoms with Crippen LogP contribution in [0.15, 0.2) is 0 Å². The number of carboxylic acid groups (broad SMARTS) is 3. The summed E-state index contributed by atoms with van der Waals surface area (Å²) in [5, 5.41) is 33.9. The quantitative estimate of drug-likeness (QED) is 0.0187. The van der Waals surface area contributed by atoms with E-state index in [9.17, 15) is 58.3 Å². The van der Waals surface area contributed by atoms with E-state index in [-0.39, 0.29) is 103 Å². The molecule has 0 aromatic carbocycles. The number of carboxylic acids is 3. The maximum Gasteiger partial charge on any atom is 0.472 e. The minimum Gasteiger partial charge on any atom is -0.480 e. The molecule has 23 heteroatoms. The van der Waals surface area contributed by atoms with E-state index in [2.05, 4.69) is 24.5 Å². The van der Waals surface area contributed by atoms with Gasteiger partial charge >= 0.3 is 37.7 Å². The second kappa shape index (κ2) is 55.3. The van der Waals surface area contributed by atoms with E-state index in [0.29, 0.717) is 64.8 Å². The van der Waals surface area contributed by atoms with Crippen LogP contribution >= 0.6 is 7.82 Å². The highest BCUT2D eigenvalue weighted by atomic mass is 31.2. The van der Waals surface area contributed by atoms with Crippen molar-refractivity contribution in [2.45, 2.75) is 251 Å². The number of carbonyl (C=O) groups excluding carboxylic acids is 4. The summed E-state index contributed by atoms with van der Waals surface area (Å²) in [4.78, 5) is 103. The average molecular weight is 1250 g/mol. The van der Waals surface area contributed by atoms with Gasteiger partial charge in [-0.2, -0.15) is 0 Å². The molecule has 1 rings (SSSR count). The second-order valence-electron chi connectivity index (χ2n) is 23.6. The first kappa shape index (κ1) is 80.3. The van der Waals surface area contributed by atoms with Crippen LogP contribution < -0.4 is 10.6 Å². The number of phosphoric acid groups is 1. The molecule has 22 nitrogen and oxygen atoms in total. The molecule has 0 spiro atoms. The summed E-state index contributed by atoms with van der Waals surface area (Å²) in [5.41, 5.74) is 0. The molecule has 0 saturated carbocycles. The van der Waals surface area contributed by atoms with Gasteiger partial charge in [0, 0.05) is 84.7 Å². The van der Waals surface area contributed by atoms with E-state index in [4.69, 9.17) is 18.5 Å². The van der Waals surface area contributed by atoms with E-state index in [0.717, 1.165) is 38.5 Å². The zero-order chi connectivity index (χ0) is 63.1. The molecule has 1 saturated heterocycles. The third-order valence-corrected chi connectivity index (χ3v) is 16.6. The van der Waals surface area contributed by atoms with Crippen LogP contribution in [0, 0.1) is 0 Å². The number of ether oxygens (including phenoxy) is 2. The van der Waals surface area contributed by atoms with E-state index < -0.39 is 50.4 Å². The number of phosphoric ester groups is 1. The molecule has 0 radical (unpaired) electrons. The van der Waals surface area contributed by atoms with Crippen molar-refractivity contribution in [2.75, 3.05) is 111 Å². The summed E-state index contributed by atoms with van der Waals surface area (Å²) in [7, 11) is -4.67. The van der Waals surface area contributed by atoms with Crippen LogP contribution in [0.5, 0.6) is 0 Å². The van der Waals surface area contributed by atoms with Gasteiger partial charge in [-0.1, -0.05) is 200 Å². The fourth-order valence-corrected chi connectivity index (χ4v) is 11.2. The van der Waals surface area contributed by atoms with Crippen molar-refractivity contribution in [1.82, 2.24) is 30.2 Å². The van der Waals surface area contributed by atoms with Crippen molar-refractivity contribution in [1.29, 1.82) is 0 Å². The number of nitrogens with zero attached hydrogens (tertiary/aromatic N) is 4. The third-order valence-electron chi connectivity index (χ3n) is 15.6. The lowest BCUT2D eigenvalue weighted by Crippen LogP contribution is -2.49. The molecule has 1 aliphatic rings. The lowest BCUT2D eigenvalue weighted by atomic mass is 10.0. The Labute approximate surface area is 517 Å². The maximum absolute atomic E-state index is 13.0. The second-order valence-corrected chi connectivity index (χ2v) is 25.0. The smallest absolute Gasteiger partial charge is 0.472 e. The first-order valence-electron chi connectivity index (χ1n) is 33.6. The van der Waals surface area contributed by atoms with Crippen LogP contribution in [-0.4, -0.2) is 199 Å². The van der Waals surface area contributed by atoms with Crippen LogP contribution in [0.4, 0.5) is 0 Å². The molecule has 502 valence electrons. The number of nitrogens with one attached hydrogen (secondary N) is 2. The molecule has 1 fully saturated rings. The van der Waals surface area contributed by atoms with Gasteiger partial charge in [0.05, 0.1) is 39.4 Å². The first-order valence-corrected chi connectivity index (χ1v) is 35.1. The molecule has 1 unspecified atom stereocenters. The molecule has 0 aromatic rings. The highest BCUT2D eigenvalue weighted by Gasteiger charge is 2.27. The Kier molecular flexibility index (Phi) is 51.6. The first-order chi connectivity index (χ1) is 41.5. The molecule has 1 aliphatic heterocycles. The van der Waals surface area contributed by atoms with Crippen molar-refractivity contribution in [3.05, 3.63) is 0 Å². The number of amides is 2. The summed E-state index contributed by atoms with van der Waals surface area (Å²) in [5.74, 6) is -4.65. The topological polar surface area (TPSA) is 291 Å². The minimum atomic E-state index is -4.67. The molecule has 6 N–H and O–H groups in total. The summed E-state index contributed by atoms with van der Waals surface area (Å²) in [6.07, 6.45) is 37.2. The number of hydrogen-bond donors (Lipinski definition) is 6. The molecule has 2 amide bonds. The Morgan fingerprint density at radius 3 is 1.10 bits per heavy atom. The molecule has 86 heavy (non-hydrogen) atoms. The third kappa shape index (κ3) is 52.2. The normalized spacial score (nSPS) is 15.2. The molecule has 0 aliphatic carbocycles. The number of hydrogen-bond acceptors (Lipinski definition) is 16. The van der Waals surface area contributed by atoms with Crippen LogP contribution in [0.25, 0.3) is 0 Å². The molecule has 1 heterocycles. The van der Waals surface area contributed by atoms with Gasteiger partial charge in [-0.05, 0) is 25.7 Å². The zero-order valence-electron chi connectivity index (χ0n) is 53.5. The Bertz CT molecular complexity index is 1790. The zero-order valence-corrected chi connectivity index (χ0v) is 54.4. The lowest BCUT2D eigenvalue weighted by Gasteiger charge is -2.32. The Morgan fingerprint density at radius 2 is 0.721 bits per heavy atom. The Morgan fingerprint density at radius 1 is 0.395 bits per heavy atom. The van der Waals surface area contributed by atoms with Crippen molar-refractivity contribution in [2.24, 2.45) is 0 Å². The number of unbranched alkanes of at least 4 members (excludes halogenated alkanes) is 30. The summed E-state index contributed by atoms with van der Waals surface area (Å²) in [6, 6.07) is 0. The minimum absolute atomic E-state index is 0.00798. The van der Waals surface area contributed by atoms with Crippen molar-refractivity contribution in [3.63, 3.8) is 0 Å². The summed E-state index contributed by atoms with van der Waals surface area (Å²) < 4.78 is 34.3. The van der Waals surface area contributed by atoms with E-state index in [1.807, 2.05) is 4.90 Å². The van der Waals surface area contributed by atoms with Crippen LogP contribution in [0.2, 0.25) is 0 Å². The number of rotatable bonds is 56. The molecule has 0 bridgehead atoms.